The van der Waals surface area contributed by atoms with Crippen molar-refractivity contribution >= 4 is 21.1 Å². The standard InChI is InChI=1S/C16H16N2O3S/c1-11-8-15(21-3)16(9-12(11)2)22(19,20)18-10-17-13-6-4-5-7-14(13)18/h4-10H,1-3H3. The second-order valence-electron chi connectivity index (χ2n) is 5.12. The number of hydrogen-bond donors (Lipinski definition) is 0. The van der Waals surface area contributed by atoms with Crippen LogP contribution in [0.3, 0.4) is 0 Å². The lowest BCUT2D eigenvalue weighted by Gasteiger charge is -2.13. The highest BCUT2D eigenvalue weighted by atomic mass is 32.2. The van der Waals surface area contributed by atoms with Crippen LogP contribution < -0.4 is 4.74 Å². The molecule has 3 rings (SSSR count). The van der Waals surface area contributed by atoms with Crippen molar-refractivity contribution in [2.24, 2.45) is 0 Å². The Morgan fingerprint density at radius 1 is 1.09 bits per heavy atom. The number of ether oxygens (including phenoxy) is 1. The molecule has 0 aliphatic carbocycles. The van der Waals surface area contributed by atoms with Gasteiger partial charge < -0.3 is 4.74 Å². The van der Waals surface area contributed by atoms with Crippen LogP contribution in [0.15, 0.2) is 47.6 Å². The fraction of sp³-hybridized carbons (Fsp3) is 0.188. The fourth-order valence-electron chi connectivity index (χ4n) is 2.36. The van der Waals surface area contributed by atoms with E-state index in [0.29, 0.717) is 16.8 Å². The summed E-state index contributed by atoms with van der Waals surface area (Å²) in [6.07, 6.45) is 1.33. The number of methoxy groups -OCH3 is 1. The topological polar surface area (TPSA) is 61.2 Å². The van der Waals surface area contributed by atoms with E-state index >= 15 is 0 Å². The monoisotopic (exact) mass is 316 g/mol. The molecular weight excluding hydrogens is 300 g/mol. The molecule has 0 bridgehead atoms. The smallest absolute Gasteiger partial charge is 0.273 e. The maximum Gasteiger partial charge on any atom is 0.273 e. The van der Waals surface area contributed by atoms with Gasteiger partial charge in [0.2, 0.25) is 0 Å². The third-order valence-corrected chi connectivity index (χ3v) is 5.42. The lowest BCUT2D eigenvalue weighted by molar-refractivity contribution is 0.402. The average molecular weight is 316 g/mol. The summed E-state index contributed by atoms with van der Waals surface area (Å²) < 4.78 is 32.4. The molecule has 0 unspecified atom stereocenters. The normalized spacial score (nSPS) is 11.8. The first kappa shape index (κ1) is 14.6. The van der Waals surface area contributed by atoms with E-state index in [1.165, 1.54) is 17.4 Å². The van der Waals surface area contributed by atoms with Crippen molar-refractivity contribution in [3.8, 4) is 5.75 Å². The van der Waals surface area contributed by atoms with E-state index in [9.17, 15) is 8.42 Å². The van der Waals surface area contributed by atoms with Gasteiger partial charge in [-0.15, -0.1) is 0 Å². The van der Waals surface area contributed by atoms with Crippen LogP contribution >= 0.6 is 0 Å². The molecule has 6 heteroatoms. The lowest BCUT2D eigenvalue weighted by atomic mass is 10.1. The molecule has 1 aromatic heterocycles. The molecule has 0 saturated carbocycles. The van der Waals surface area contributed by atoms with Crippen LogP contribution in [0.1, 0.15) is 11.1 Å². The predicted octanol–water partition coefficient (Wildman–Crippen LogP) is 2.90. The van der Waals surface area contributed by atoms with E-state index < -0.39 is 10.0 Å². The number of nitrogens with zero attached hydrogens (tertiary/aromatic N) is 2. The van der Waals surface area contributed by atoms with Crippen molar-refractivity contribution in [1.82, 2.24) is 8.96 Å². The van der Waals surface area contributed by atoms with Gasteiger partial charge in [0.1, 0.15) is 17.0 Å². The Morgan fingerprint density at radius 3 is 2.50 bits per heavy atom. The molecule has 0 aliphatic heterocycles. The Labute approximate surface area is 129 Å². The zero-order valence-corrected chi connectivity index (χ0v) is 13.4. The largest absolute Gasteiger partial charge is 0.495 e. The third kappa shape index (κ3) is 2.16. The molecule has 2 aromatic carbocycles. The molecule has 1 heterocycles. The minimum atomic E-state index is -3.78. The van der Waals surface area contributed by atoms with Gasteiger partial charge in [0.05, 0.1) is 18.1 Å². The Hall–Kier alpha value is -2.34. The summed E-state index contributed by atoms with van der Waals surface area (Å²) in [6, 6.07) is 10.5. The molecule has 0 aliphatic rings. The van der Waals surface area contributed by atoms with Crippen LogP contribution in [0.2, 0.25) is 0 Å². The number of imidazole rings is 1. The number of rotatable bonds is 3. The van der Waals surface area contributed by atoms with Crippen molar-refractivity contribution in [3.05, 3.63) is 53.9 Å². The van der Waals surface area contributed by atoms with Gasteiger partial charge in [-0.25, -0.2) is 17.4 Å². The molecule has 0 fully saturated rings. The van der Waals surface area contributed by atoms with Crippen molar-refractivity contribution in [2.45, 2.75) is 18.7 Å². The number of hydrogen-bond acceptors (Lipinski definition) is 4. The van der Waals surface area contributed by atoms with Gasteiger partial charge in [-0.1, -0.05) is 12.1 Å². The Kier molecular flexibility index (Phi) is 3.41. The highest BCUT2D eigenvalue weighted by Gasteiger charge is 2.24. The number of aryl methyl sites for hydroxylation is 2. The van der Waals surface area contributed by atoms with Crippen LogP contribution in [0, 0.1) is 13.8 Å². The minimum Gasteiger partial charge on any atom is -0.495 e. The highest BCUT2D eigenvalue weighted by Crippen LogP contribution is 2.30. The first-order valence-corrected chi connectivity index (χ1v) is 8.22. The van der Waals surface area contributed by atoms with Gasteiger partial charge in [-0.2, -0.15) is 0 Å². The quantitative estimate of drug-likeness (QED) is 0.745. The summed E-state index contributed by atoms with van der Waals surface area (Å²) in [6.45, 7) is 3.79. The van der Waals surface area contributed by atoms with Crippen molar-refractivity contribution in [2.75, 3.05) is 7.11 Å². The lowest BCUT2D eigenvalue weighted by Crippen LogP contribution is -2.13. The second-order valence-corrected chi connectivity index (χ2v) is 6.90. The van der Waals surface area contributed by atoms with Crippen LogP contribution in [0.4, 0.5) is 0 Å². The van der Waals surface area contributed by atoms with Gasteiger partial charge in [-0.3, -0.25) is 0 Å². The molecule has 0 atom stereocenters. The first-order chi connectivity index (χ1) is 10.4. The van der Waals surface area contributed by atoms with Crippen LogP contribution in [0.25, 0.3) is 11.0 Å². The summed E-state index contributed by atoms with van der Waals surface area (Å²) in [5.74, 6) is 0.334. The average Bonchev–Trinajstić information content (AvgIpc) is 2.94. The summed E-state index contributed by atoms with van der Waals surface area (Å²) in [5, 5.41) is 0. The Morgan fingerprint density at radius 2 is 1.77 bits per heavy atom. The molecule has 3 aromatic rings. The maximum atomic E-state index is 13.0. The van der Waals surface area contributed by atoms with Crippen LogP contribution in [0.5, 0.6) is 5.75 Å². The maximum absolute atomic E-state index is 13.0. The van der Waals surface area contributed by atoms with Crippen molar-refractivity contribution in [1.29, 1.82) is 0 Å². The molecule has 5 nitrogen and oxygen atoms in total. The summed E-state index contributed by atoms with van der Waals surface area (Å²) in [5.41, 5.74) is 3.05. The minimum absolute atomic E-state index is 0.140. The zero-order chi connectivity index (χ0) is 15.9. The highest BCUT2D eigenvalue weighted by molar-refractivity contribution is 7.90. The molecular formula is C16H16N2O3S. The van der Waals surface area contributed by atoms with E-state index in [2.05, 4.69) is 4.98 Å². The summed E-state index contributed by atoms with van der Waals surface area (Å²) in [7, 11) is -2.31. The third-order valence-electron chi connectivity index (χ3n) is 3.74. The Bertz CT molecular complexity index is 959. The fourth-order valence-corrected chi connectivity index (χ4v) is 3.88. The van der Waals surface area contributed by atoms with E-state index in [4.69, 9.17) is 4.74 Å². The van der Waals surface area contributed by atoms with Gasteiger partial charge in [0.25, 0.3) is 10.0 Å². The van der Waals surface area contributed by atoms with Crippen LogP contribution in [-0.4, -0.2) is 24.5 Å². The zero-order valence-electron chi connectivity index (χ0n) is 12.6. The van der Waals surface area contributed by atoms with Crippen molar-refractivity contribution < 1.29 is 13.2 Å². The van der Waals surface area contributed by atoms with E-state index in [-0.39, 0.29) is 4.90 Å². The number of aromatic nitrogens is 2. The molecule has 0 N–H and O–H groups in total. The van der Waals surface area contributed by atoms with Crippen LogP contribution in [-0.2, 0) is 10.0 Å². The predicted molar refractivity (Wildman–Crippen MR) is 84.8 cm³/mol. The Balaban J connectivity index is 2.29. The number of para-hydroxylation sites is 2. The number of fused-ring (bicyclic) bond motifs is 1. The van der Waals surface area contributed by atoms with E-state index in [0.717, 1.165) is 11.1 Å². The first-order valence-electron chi connectivity index (χ1n) is 6.78. The van der Waals surface area contributed by atoms with E-state index in [1.807, 2.05) is 19.9 Å². The molecule has 0 saturated heterocycles. The van der Waals surface area contributed by atoms with E-state index in [1.54, 1.807) is 30.3 Å². The molecule has 22 heavy (non-hydrogen) atoms. The molecule has 114 valence electrons. The molecule has 0 radical (unpaired) electrons. The second kappa shape index (κ2) is 5.14. The number of benzene rings is 2. The molecule has 0 spiro atoms. The summed E-state index contributed by atoms with van der Waals surface area (Å²) >= 11 is 0. The van der Waals surface area contributed by atoms with Crippen molar-refractivity contribution in [3.63, 3.8) is 0 Å². The molecule has 0 amide bonds. The summed E-state index contributed by atoms with van der Waals surface area (Å²) in [4.78, 5) is 4.29. The van der Waals surface area contributed by atoms with Gasteiger partial charge in [0.15, 0.2) is 0 Å². The van der Waals surface area contributed by atoms with Gasteiger partial charge in [0, 0.05) is 0 Å². The SMILES string of the molecule is COc1cc(C)c(C)cc1S(=O)(=O)n1cnc2ccccc21. The van der Waals surface area contributed by atoms with Gasteiger partial charge in [-0.05, 0) is 49.2 Å². The van der Waals surface area contributed by atoms with Gasteiger partial charge >= 0.3 is 0 Å².